The van der Waals surface area contributed by atoms with Gasteiger partial charge >= 0.3 is 11.9 Å². The molecule has 0 saturated carbocycles. The lowest BCUT2D eigenvalue weighted by atomic mass is 10.1. The van der Waals surface area contributed by atoms with E-state index >= 15 is 0 Å². The number of carbonyl (C=O) groups excluding carboxylic acids is 1. The maximum absolute atomic E-state index is 11.8. The van der Waals surface area contributed by atoms with Crippen molar-refractivity contribution >= 4 is 40.8 Å². The number of nitrogens with zero attached hydrogens (tertiary/aromatic N) is 1. The van der Waals surface area contributed by atoms with E-state index in [9.17, 15) is 9.59 Å². The van der Waals surface area contributed by atoms with Crippen LogP contribution in [0.1, 0.15) is 16.8 Å². The number of halogens is 2. The zero-order valence-electron chi connectivity index (χ0n) is 10.7. The summed E-state index contributed by atoms with van der Waals surface area (Å²) in [4.78, 5) is 24.6. The SMILES string of the molecule is COC(=O)c1cc(Cl)cc(Cl)c1N1CCC(C(=O)O)C1. The normalized spacial score (nSPS) is 18.1. The average molecular weight is 318 g/mol. The van der Waals surface area contributed by atoms with Gasteiger partial charge in [-0.25, -0.2) is 4.79 Å². The molecular weight excluding hydrogens is 305 g/mol. The minimum atomic E-state index is -0.850. The predicted molar refractivity (Wildman–Crippen MR) is 75.8 cm³/mol. The molecule has 0 radical (unpaired) electrons. The van der Waals surface area contributed by atoms with E-state index in [0.717, 1.165) is 0 Å². The quantitative estimate of drug-likeness (QED) is 0.868. The van der Waals surface area contributed by atoms with Crippen LogP contribution in [-0.2, 0) is 9.53 Å². The van der Waals surface area contributed by atoms with Crippen LogP contribution in [0, 0.1) is 5.92 Å². The van der Waals surface area contributed by atoms with Gasteiger partial charge in [0.05, 0.1) is 29.3 Å². The standard InChI is InChI=1S/C13H13Cl2NO4/c1-20-13(19)9-4-8(14)5-10(15)11(9)16-3-2-7(6-16)12(17)18/h4-5,7H,2-3,6H2,1H3,(H,17,18). The molecule has 1 atom stereocenters. The summed E-state index contributed by atoms with van der Waals surface area (Å²) in [6.07, 6.45) is 0.509. The molecule has 1 aromatic carbocycles. The highest BCUT2D eigenvalue weighted by atomic mass is 35.5. The number of benzene rings is 1. The topological polar surface area (TPSA) is 66.8 Å². The Morgan fingerprint density at radius 2 is 2.10 bits per heavy atom. The Bertz CT molecular complexity index is 562. The van der Waals surface area contributed by atoms with E-state index in [-0.39, 0.29) is 5.56 Å². The molecule has 20 heavy (non-hydrogen) atoms. The van der Waals surface area contributed by atoms with Crippen LogP contribution in [0.25, 0.3) is 0 Å². The number of carboxylic acids is 1. The highest BCUT2D eigenvalue weighted by Gasteiger charge is 2.31. The first kappa shape index (κ1) is 14.9. The molecular formula is C13H13Cl2NO4. The fourth-order valence-corrected chi connectivity index (χ4v) is 2.93. The Hall–Kier alpha value is -1.46. The lowest BCUT2D eigenvalue weighted by molar-refractivity contribution is -0.140. The molecule has 1 aliphatic heterocycles. The Morgan fingerprint density at radius 1 is 1.40 bits per heavy atom. The number of aliphatic carboxylic acids is 1. The smallest absolute Gasteiger partial charge is 0.340 e. The van der Waals surface area contributed by atoms with E-state index in [1.807, 2.05) is 0 Å². The fraction of sp³-hybridized carbons (Fsp3) is 0.385. The first-order chi connectivity index (χ1) is 9.43. The van der Waals surface area contributed by atoms with Gasteiger partial charge in [0.15, 0.2) is 0 Å². The maximum Gasteiger partial charge on any atom is 0.340 e. The molecule has 1 aromatic rings. The number of carboxylic acid groups (broad SMARTS) is 1. The lowest BCUT2D eigenvalue weighted by Crippen LogP contribution is -2.25. The maximum atomic E-state index is 11.8. The van der Waals surface area contributed by atoms with E-state index in [1.165, 1.54) is 19.2 Å². The van der Waals surface area contributed by atoms with Gasteiger partial charge in [0.25, 0.3) is 0 Å². The summed E-state index contributed by atoms with van der Waals surface area (Å²) in [6.45, 7) is 0.822. The van der Waals surface area contributed by atoms with Gasteiger partial charge in [-0.1, -0.05) is 23.2 Å². The van der Waals surface area contributed by atoms with Crippen molar-refractivity contribution in [2.45, 2.75) is 6.42 Å². The van der Waals surface area contributed by atoms with Gasteiger partial charge in [0, 0.05) is 18.1 Å². The zero-order chi connectivity index (χ0) is 14.9. The molecule has 1 heterocycles. The van der Waals surface area contributed by atoms with E-state index < -0.39 is 17.9 Å². The number of methoxy groups -OCH3 is 1. The molecule has 108 valence electrons. The van der Waals surface area contributed by atoms with Crippen LogP contribution >= 0.6 is 23.2 Å². The summed E-state index contributed by atoms with van der Waals surface area (Å²) in [5.74, 6) is -1.87. The highest BCUT2D eigenvalue weighted by molar-refractivity contribution is 6.37. The van der Waals surface area contributed by atoms with Crippen molar-refractivity contribution in [3.63, 3.8) is 0 Å². The molecule has 7 heteroatoms. The van der Waals surface area contributed by atoms with Crippen molar-refractivity contribution in [3.05, 3.63) is 27.7 Å². The van der Waals surface area contributed by atoms with Gasteiger partial charge in [-0.05, 0) is 18.6 Å². The van der Waals surface area contributed by atoms with Gasteiger partial charge in [0.2, 0.25) is 0 Å². The first-order valence-corrected chi connectivity index (χ1v) is 6.74. The van der Waals surface area contributed by atoms with Crippen LogP contribution in [0.2, 0.25) is 10.0 Å². The molecule has 1 aliphatic rings. The lowest BCUT2D eigenvalue weighted by Gasteiger charge is -2.22. The van der Waals surface area contributed by atoms with Crippen molar-refractivity contribution in [2.24, 2.45) is 5.92 Å². The largest absolute Gasteiger partial charge is 0.481 e. The van der Waals surface area contributed by atoms with Gasteiger partial charge in [0.1, 0.15) is 0 Å². The minimum absolute atomic E-state index is 0.246. The fourth-order valence-electron chi connectivity index (χ4n) is 2.32. The highest BCUT2D eigenvalue weighted by Crippen LogP contribution is 2.36. The molecule has 1 N–H and O–H groups in total. The molecule has 0 bridgehead atoms. The van der Waals surface area contributed by atoms with E-state index in [4.69, 9.17) is 33.0 Å². The number of rotatable bonds is 3. The Balaban J connectivity index is 2.41. The van der Waals surface area contributed by atoms with Crippen molar-refractivity contribution in [2.75, 3.05) is 25.1 Å². The van der Waals surface area contributed by atoms with Crippen LogP contribution in [0.3, 0.4) is 0 Å². The molecule has 0 aromatic heterocycles. The number of hydrogen-bond donors (Lipinski definition) is 1. The van der Waals surface area contributed by atoms with Crippen molar-refractivity contribution in [1.82, 2.24) is 0 Å². The second-order valence-corrected chi connectivity index (χ2v) is 5.39. The van der Waals surface area contributed by atoms with E-state index in [0.29, 0.717) is 35.2 Å². The average Bonchev–Trinajstić information content (AvgIpc) is 2.86. The van der Waals surface area contributed by atoms with Crippen molar-refractivity contribution in [1.29, 1.82) is 0 Å². The summed E-state index contributed by atoms with van der Waals surface area (Å²) in [7, 11) is 1.27. The van der Waals surface area contributed by atoms with Crippen molar-refractivity contribution < 1.29 is 19.4 Å². The third-order valence-electron chi connectivity index (χ3n) is 3.29. The van der Waals surface area contributed by atoms with Gasteiger partial charge in [-0.15, -0.1) is 0 Å². The molecule has 0 spiro atoms. The summed E-state index contributed by atoms with van der Waals surface area (Å²) in [6, 6.07) is 3.00. The van der Waals surface area contributed by atoms with Crippen LogP contribution in [0.4, 0.5) is 5.69 Å². The third kappa shape index (κ3) is 2.83. The number of hydrogen-bond acceptors (Lipinski definition) is 4. The van der Waals surface area contributed by atoms with E-state index in [1.54, 1.807) is 4.90 Å². The van der Waals surface area contributed by atoms with Crippen LogP contribution in [0.5, 0.6) is 0 Å². The molecule has 0 amide bonds. The number of carbonyl (C=O) groups is 2. The van der Waals surface area contributed by atoms with E-state index in [2.05, 4.69) is 0 Å². The Kier molecular flexibility index (Phi) is 4.40. The van der Waals surface area contributed by atoms with Crippen LogP contribution in [-0.4, -0.2) is 37.2 Å². The second-order valence-electron chi connectivity index (χ2n) is 4.55. The number of ether oxygens (including phenoxy) is 1. The zero-order valence-corrected chi connectivity index (χ0v) is 12.2. The predicted octanol–water partition coefficient (Wildman–Crippen LogP) is 2.69. The Labute approximate surface area is 126 Å². The van der Waals surface area contributed by atoms with Crippen LogP contribution < -0.4 is 4.90 Å². The monoisotopic (exact) mass is 317 g/mol. The summed E-state index contributed by atoms with van der Waals surface area (Å²) in [5.41, 5.74) is 0.725. The molecule has 0 aliphatic carbocycles. The van der Waals surface area contributed by atoms with Gasteiger partial charge in [-0.3, -0.25) is 4.79 Å². The second kappa shape index (κ2) is 5.89. The van der Waals surface area contributed by atoms with Gasteiger partial charge < -0.3 is 14.7 Å². The molecule has 1 unspecified atom stereocenters. The molecule has 5 nitrogen and oxygen atoms in total. The summed E-state index contributed by atoms with van der Waals surface area (Å²) >= 11 is 12.1. The molecule has 1 fully saturated rings. The number of esters is 1. The first-order valence-electron chi connectivity index (χ1n) is 5.99. The Morgan fingerprint density at radius 3 is 2.65 bits per heavy atom. The third-order valence-corrected chi connectivity index (χ3v) is 3.79. The van der Waals surface area contributed by atoms with Gasteiger partial charge in [-0.2, -0.15) is 0 Å². The molecule has 1 saturated heterocycles. The minimum Gasteiger partial charge on any atom is -0.481 e. The molecule has 2 rings (SSSR count). The van der Waals surface area contributed by atoms with Crippen molar-refractivity contribution in [3.8, 4) is 0 Å². The van der Waals surface area contributed by atoms with Crippen LogP contribution in [0.15, 0.2) is 12.1 Å². The summed E-state index contributed by atoms with van der Waals surface area (Å²) < 4.78 is 4.72. The number of anilines is 1. The summed E-state index contributed by atoms with van der Waals surface area (Å²) in [5, 5.41) is 9.68.